The summed E-state index contributed by atoms with van der Waals surface area (Å²) < 4.78 is 4.81. The Morgan fingerprint density at radius 2 is 1.92 bits per heavy atom. The average molecular weight is 343 g/mol. The molecule has 0 unspecified atom stereocenters. The van der Waals surface area contributed by atoms with Gasteiger partial charge in [0.15, 0.2) is 5.16 Å². The van der Waals surface area contributed by atoms with Gasteiger partial charge in [-0.05, 0) is 36.8 Å². The van der Waals surface area contributed by atoms with Crippen LogP contribution < -0.4 is 5.32 Å². The molecule has 0 aliphatic carbocycles. The number of ether oxygens (including phenoxy) is 1. The molecule has 0 fully saturated rings. The smallest absolute Gasteiger partial charge is 0.330 e. The minimum Gasteiger partial charge on any atom is -0.463 e. The normalized spacial score (nSPS) is 10.5. The van der Waals surface area contributed by atoms with Crippen LogP contribution in [0, 0.1) is 0 Å². The van der Waals surface area contributed by atoms with E-state index in [1.54, 1.807) is 55.7 Å². The second-order valence-corrected chi connectivity index (χ2v) is 5.52. The highest BCUT2D eigenvalue weighted by Crippen LogP contribution is 2.14. The number of thioether (sulfide) groups is 1. The van der Waals surface area contributed by atoms with Gasteiger partial charge in [-0.15, -0.1) is 0 Å². The number of anilines is 1. The fraction of sp³-hybridized carbons (Fsp3) is 0.176. The third-order valence-corrected chi connectivity index (χ3v) is 3.64. The molecule has 1 amide bonds. The first-order chi connectivity index (χ1) is 11.7. The maximum absolute atomic E-state index is 11.9. The van der Waals surface area contributed by atoms with Crippen LogP contribution in [0.4, 0.5) is 5.69 Å². The zero-order valence-electron chi connectivity index (χ0n) is 13.1. The van der Waals surface area contributed by atoms with Crippen LogP contribution in [0.1, 0.15) is 12.5 Å². The van der Waals surface area contributed by atoms with Gasteiger partial charge in [-0.25, -0.2) is 14.8 Å². The first-order valence-corrected chi connectivity index (χ1v) is 8.30. The van der Waals surface area contributed by atoms with Gasteiger partial charge in [-0.1, -0.05) is 23.9 Å². The standard InChI is InChI=1S/C17H17N3O3S/c1-2-23-16(22)9-6-13-4-7-14(8-5-13)20-15(21)12-24-17-18-10-3-11-19-17/h3-11H,2,12H2,1H3,(H,20,21)/b9-6+. The number of hydrogen-bond acceptors (Lipinski definition) is 6. The summed E-state index contributed by atoms with van der Waals surface area (Å²) in [5.74, 6) is -0.286. The van der Waals surface area contributed by atoms with Crippen molar-refractivity contribution in [1.82, 2.24) is 9.97 Å². The molecule has 0 spiro atoms. The third-order valence-electron chi connectivity index (χ3n) is 2.77. The fourth-order valence-corrected chi connectivity index (χ4v) is 2.32. The van der Waals surface area contributed by atoms with Gasteiger partial charge in [0.2, 0.25) is 5.91 Å². The van der Waals surface area contributed by atoms with Gasteiger partial charge in [0, 0.05) is 24.2 Å². The van der Waals surface area contributed by atoms with E-state index in [2.05, 4.69) is 15.3 Å². The quantitative estimate of drug-likeness (QED) is 0.360. The lowest BCUT2D eigenvalue weighted by Gasteiger charge is -2.05. The Morgan fingerprint density at radius 3 is 2.58 bits per heavy atom. The second kappa shape index (κ2) is 9.46. The van der Waals surface area contributed by atoms with E-state index in [0.29, 0.717) is 17.5 Å². The number of rotatable bonds is 7. The molecule has 124 valence electrons. The van der Waals surface area contributed by atoms with Crippen LogP contribution in [0.3, 0.4) is 0 Å². The summed E-state index contributed by atoms with van der Waals surface area (Å²) in [5, 5.41) is 3.36. The number of hydrogen-bond donors (Lipinski definition) is 1. The number of benzene rings is 1. The van der Waals surface area contributed by atoms with Crippen molar-refractivity contribution in [2.24, 2.45) is 0 Å². The highest BCUT2D eigenvalue weighted by molar-refractivity contribution is 7.99. The predicted octanol–water partition coefficient (Wildman–Crippen LogP) is 2.78. The Morgan fingerprint density at radius 1 is 1.21 bits per heavy atom. The van der Waals surface area contributed by atoms with Gasteiger partial charge in [0.05, 0.1) is 12.4 Å². The van der Waals surface area contributed by atoms with Gasteiger partial charge in [0.1, 0.15) is 0 Å². The van der Waals surface area contributed by atoms with Crippen molar-refractivity contribution < 1.29 is 14.3 Å². The molecule has 1 heterocycles. The molecular weight excluding hydrogens is 326 g/mol. The summed E-state index contributed by atoms with van der Waals surface area (Å²) in [6, 6.07) is 8.87. The molecule has 1 aromatic heterocycles. The third kappa shape index (κ3) is 6.21. The number of carbonyl (C=O) groups excluding carboxylic acids is 2. The van der Waals surface area contributed by atoms with Gasteiger partial charge < -0.3 is 10.1 Å². The van der Waals surface area contributed by atoms with Crippen LogP contribution in [-0.2, 0) is 14.3 Å². The molecule has 1 N–H and O–H groups in total. The van der Waals surface area contributed by atoms with Crippen molar-refractivity contribution in [1.29, 1.82) is 0 Å². The van der Waals surface area contributed by atoms with Crippen molar-refractivity contribution >= 4 is 35.4 Å². The molecule has 0 aliphatic heterocycles. The van der Waals surface area contributed by atoms with E-state index >= 15 is 0 Å². The van der Waals surface area contributed by atoms with Crippen LogP contribution in [0.2, 0.25) is 0 Å². The van der Waals surface area contributed by atoms with Crippen LogP contribution in [0.15, 0.2) is 54.0 Å². The van der Waals surface area contributed by atoms with E-state index in [0.717, 1.165) is 5.56 Å². The van der Waals surface area contributed by atoms with E-state index in [9.17, 15) is 9.59 Å². The zero-order chi connectivity index (χ0) is 17.2. The lowest BCUT2D eigenvalue weighted by Crippen LogP contribution is -2.14. The number of amides is 1. The Kier molecular flexibility index (Phi) is 6.97. The highest BCUT2D eigenvalue weighted by Gasteiger charge is 2.05. The molecule has 0 atom stereocenters. The molecule has 6 nitrogen and oxygen atoms in total. The Balaban J connectivity index is 1.82. The molecule has 0 bridgehead atoms. The topological polar surface area (TPSA) is 81.2 Å². The SMILES string of the molecule is CCOC(=O)/C=C/c1ccc(NC(=O)CSc2ncccn2)cc1. The zero-order valence-corrected chi connectivity index (χ0v) is 14.0. The first kappa shape index (κ1) is 17.7. The summed E-state index contributed by atoms with van der Waals surface area (Å²) in [6.07, 6.45) is 6.30. The van der Waals surface area contributed by atoms with Crippen LogP contribution in [0.5, 0.6) is 0 Å². The maximum Gasteiger partial charge on any atom is 0.330 e. The fourth-order valence-electron chi connectivity index (χ4n) is 1.72. The molecule has 2 aromatic rings. The predicted molar refractivity (Wildman–Crippen MR) is 93.5 cm³/mol. The van der Waals surface area contributed by atoms with Crippen LogP contribution in [-0.4, -0.2) is 34.2 Å². The van der Waals surface area contributed by atoms with E-state index in [1.807, 2.05) is 0 Å². The summed E-state index contributed by atoms with van der Waals surface area (Å²) >= 11 is 1.27. The minimum absolute atomic E-state index is 0.137. The van der Waals surface area contributed by atoms with Crippen molar-refractivity contribution in [2.75, 3.05) is 17.7 Å². The van der Waals surface area contributed by atoms with E-state index in [4.69, 9.17) is 4.74 Å². The average Bonchev–Trinajstić information content (AvgIpc) is 2.60. The molecule has 0 saturated heterocycles. The Bertz CT molecular complexity index is 703. The number of nitrogens with zero attached hydrogens (tertiary/aromatic N) is 2. The number of aromatic nitrogens is 2. The van der Waals surface area contributed by atoms with Crippen LogP contribution >= 0.6 is 11.8 Å². The maximum atomic E-state index is 11.9. The summed E-state index contributed by atoms with van der Waals surface area (Å²) in [5.41, 5.74) is 1.52. The number of esters is 1. The molecule has 0 saturated carbocycles. The van der Waals surface area contributed by atoms with Crippen molar-refractivity contribution in [3.8, 4) is 0 Å². The highest BCUT2D eigenvalue weighted by atomic mass is 32.2. The number of nitrogens with one attached hydrogen (secondary N) is 1. The Labute approximate surface area is 144 Å². The van der Waals surface area contributed by atoms with Gasteiger partial charge in [-0.2, -0.15) is 0 Å². The van der Waals surface area contributed by atoms with Crippen molar-refractivity contribution in [3.05, 3.63) is 54.4 Å². The largest absolute Gasteiger partial charge is 0.463 e. The molecule has 2 rings (SSSR count). The first-order valence-electron chi connectivity index (χ1n) is 7.32. The lowest BCUT2D eigenvalue weighted by atomic mass is 10.2. The molecule has 1 aromatic carbocycles. The van der Waals surface area contributed by atoms with Crippen molar-refractivity contribution in [3.63, 3.8) is 0 Å². The monoisotopic (exact) mass is 343 g/mol. The van der Waals surface area contributed by atoms with Gasteiger partial charge >= 0.3 is 5.97 Å². The lowest BCUT2D eigenvalue weighted by molar-refractivity contribution is -0.137. The molecular formula is C17H17N3O3S. The minimum atomic E-state index is -0.380. The van der Waals surface area contributed by atoms with Crippen molar-refractivity contribution in [2.45, 2.75) is 12.1 Å². The second-order valence-electron chi connectivity index (χ2n) is 4.58. The van der Waals surface area contributed by atoms with Gasteiger partial charge in [0.25, 0.3) is 0 Å². The molecule has 24 heavy (non-hydrogen) atoms. The molecule has 0 radical (unpaired) electrons. The van der Waals surface area contributed by atoms with E-state index in [1.165, 1.54) is 17.8 Å². The van der Waals surface area contributed by atoms with Gasteiger partial charge in [-0.3, -0.25) is 4.79 Å². The summed E-state index contributed by atoms with van der Waals surface area (Å²) in [6.45, 7) is 2.10. The summed E-state index contributed by atoms with van der Waals surface area (Å²) in [7, 11) is 0. The van der Waals surface area contributed by atoms with E-state index < -0.39 is 0 Å². The molecule has 0 aliphatic rings. The summed E-state index contributed by atoms with van der Waals surface area (Å²) in [4.78, 5) is 31.2. The van der Waals surface area contributed by atoms with E-state index in [-0.39, 0.29) is 17.6 Å². The number of carbonyl (C=O) groups is 2. The molecule has 7 heteroatoms. The Hall–Kier alpha value is -2.67. The van der Waals surface area contributed by atoms with Crippen LogP contribution in [0.25, 0.3) is 6.08 Å².